The Bertz CT molecular complexity index is 165. The molecule has 17 heavy (non-hydrogen) atoms. The van der Waals surface area contributed by atoms with Crippen LogP contribution < -0.4 is 5.32 Å². The molecule has 4 heteroatoms. The van der Waals surface area contributed by atoms with E-state index in [9.17, 15) is 5.11 Å². The van der Waals surface area contributed by atoms with Gasteiger partial charge in [-0.05, 0) is 32.2 Å². The van der Waals surface area contributed by atoms with E-state index in [0.29, 0.717) is 19.8 Å². The minimum absolute atomic E-state index is 0.0376. The van der Waals surface area contributed by atoms with Gasteiger partial charge in [0.1, 0.15) is 0 Å². The van der Waals surface area contributed by atoms with Crippen molar-refractivity contribution in [2.24, 2.45) is 5.92 Å². The fourth-order valence-corrected chi connectivity index (χ4v) is 1.52. The summed E-state index contributed by atoms with van der Waals surface area (Å²) in [6.07, 6.45) is 1.99. The zero-order valence-corrected chi connectivity index (χ0v) is 11.7. The molecule has 4 nitrogen and oxygen atoms in total. The number of ether oxygens (including phenoxy) is 2. The number of hydrogen-bond donors (Lipinski definition) is 2. The van der Waals surface area contributed by atoms with Gasteiger partial charge in [0.15, 0.2) is 0 Å². The molecule has 0 aromatic heterocycles. The van der Waals surface area contributed by atoms with E-state index in [1.54, 1.807) is 7.11 Å². The summed E-state index contributed by atoms with van der Waals surface area (Å²) in [6, 6.07) is 0. The van der Waals surface area contributed by atoms with Crippen LogP contribution in [-0.4, -0.2) is 50.7 Å². The van der Waals surface area contributed by atoms with Crippen molar-refractivity contribution in [3.63, 3.8) is 0 Å². The molecule has 0 aromatic carbocycles. The van der Waals surface area contributed by atoms with E-state index >= 15 is 0 Å². The first-order valence-electron chi connectivity index (χ1n) is 6.55. The first kappa shape index (κ1) is 16.8. The van der Waals surface area contributed by atoms with E-state index in [4.69, 9.17) is 9.47 Å². The third-order valence-electron chi connectivity index (χ3n) is 2.49. The Morgan fingerprint density at radius 1 is 1.18 bits per heavy atom. The predicted molar refractivity (Wildman–Crippen MR) is 70.2 cm³/mol. The smallest absolute Gasteiger partial charge is 0.0897 e. The Balaban J connectivity index is 3.31. The number of methoxy groups -OCH3 is 1. The normalized spacial score (nSPS) is 15.2. The van der Waals surface area contributed by atoms with Gasteiger partial charge in [-0.25, -0.2) is 0 Å². The molecule has 0 amide bonds. The van der Waals surface area contributed by atoms with Crippen molar-refractivity contribution >= 4 is 0 Å². The zero-order valence-electron chi connectivity index (χ0n) is 11.7. The first-order valence-corrected chi connectivity index (χ1v) is 6.55. The van der Waals surface area contributed by atoms with Gasteiger partial charge >= 0.3 is 0 Å². The van der Waals surface area contributed by atoms with Crippen molar-refractivity contribution < 1.29 is 14.6 Å². The molecule has 0 aliphatic rings. The molecule has 0 fully saturated rings. The SMILES string of the molecule is COCC(C)OCC(O)CNCCCC(C)C. The highest BCUT2D eigenvalue weighted by molar-refractivity contribution is 4.60. The van der Waals surface area contributed by atoms with Gasteiger partial charge in [-0.15, -0.1) is 0 Å². The molecule has 0 rings (SSSR count). The van der Waals surface area contributed by atoms with Crippen LogP contribution in [0.15, 0.2) is 0 Å². The Labute approximate surface area is 106 Å². The molecule has 0 saturated heterocycles. The third-order valence-corrected chi connectivity index (χ3v) is 2.49. The van der Waals surface area contributed by atoms with E-state index in [-0.39, 0.29) is 6.10 Å². The zero-order chi connectivity index (χ0) is 13.1. The molecule has 104 valence electrons. The van der Waals surface area contributed by atoms with E-state index < -0.39 is 6.10 Å². The Hall–Kier alpha value is -0.160. The molecule has 0 bridgehead atoms. The fourth-order valence-electron chi connectivity index (χ4n) is 1.52. The number of nitrogens with one attached hydrogen (secondary N) is 1. The Morgan fingerprint density at radius 2 is 1.88 bits per heavy atom. The van der Waals surface area contributed by atoms with Crippen molar-refractivity contribution in [3.8, 4) is 0 Å². The van der Waals surface area contributed by atoms with Crippen LogP contribution in [0.2, 0.25) is 0 Å². The van der Waals surface area contributed by atoms with E-state index in [0.717, 1.165) is 18.9 Å². The van der Waals surface area contributed by atoms with Gasteiger partial charge in [-0.1, -0.05) is 13.8 Å². The molecular weight excluding hydrogens is 218 g/mol. The molecule has 2 N–H and O–H groups in total. The van der Waals surface area contributed by atoms with E-state index in [1.807, 2.05) is 6.92 Å². The third kappa shape index (κ3) is 12.1. The standard InChI is InChI=1S/C13H29NO3/c1-11(2)6-5-7-14-8-13(15)10-17-12(3)9-16-4/h11-15H,5-10H2,1-4H3. The van der Waals surface area contributed by atoms with Gasteiger partial charge in [0.05, 0.1) is 25.4 Å². The maximum atomic E-state index is 9.65. The largest absolute Gasteiger partial charge is 0.389 e. The average molecular weight is 247 g/mol. The van der Waals surface area contributed by atoms with Gasteiger partial charge in [0.2, 0.25) is 0 Å². The second-order valence-corrected chi connectivity index (χ2v) is 4.99. The summed E-state index contributed by atoms with van der Waals surface area (Å²) in [5.41, 5.74) is 0. The minimum atomic E-state index is -0.437. The van der Waals surface area contributed by atoms with Crippen molar-refractivity contribution in [2.45, 2.75) is 45.8 Å². The van der Waals surface area contributed by atoms with E-state index in [2.05, 4.69) is 19.2 Å². The van der Waals surface area contributed by atoms with Crippen LogP contribution in [0.3, 0.4) is 0 Å². The second kappa shape index (κ2) is 11.0. The molecule has 0 heterocycles. The number of hydrogen-bond acceptors (Lipinski definition) is 4. The quantitative estimate of drug-likeness (QED) is 0.542. The van der Waals surface area contributed by atoms with Crippen molar-refractivity contribution in [2.75, 3.05) is 33.4 Å². The average Bonchev–Trinajstić information content (AvgIpc) is 2.26. The van der Waals surface area contributed by atoms with Gasteiger partial charge in [0, 0.05) is 13.7 Å². The lowest BCUT2D eigenvalue weighted by Gasteiger charge is -2.16. The molecular formula is C13H29NO3. The summed E-state index contributed by atoms with van der Waals surface area (Å²) in [6.45, 7) is 8.86. The van der Waals surface area contributed by atoms with Gasteiger partial charge in [0.25, 0.3) is 0 Å². The van der Waals surface area contributed by atoms with Crippen LogP contribution in [-0.2, 0) is 9.47 Å². The molecule has 0 saturated carbocycles. The van der Waals surface area contributed by atoms with Crippen molar-refractivity contribution in [1.29, 1.82) is 0 Å². The summed E-state index contributed by atoms with van der Waals surface area (Å²) in [5, 5.41) is 12.9. The summed E-state index contributed by atoms with van der Waals surface area (Å²) < 4.78 is 10.4. The lowest BCUT2D eigenvalue weighted by molar-refractivity contribution is -0.0310. The summed E-state index contributed by atoms with van der Waals surface area (Å²) in [4.78, 5) is 0. The van der Waals surface area contributed by atoms with Crippen LogP contribution in [0.1, 0.15) is 33.6 Å². The predicted octanol–water partition coefficient (Wildman–Crippen LogP) is 1.42. The summed E-state index contributed by atoms with van der Waals surface area (Å²) in [5.74, 6) is 0.750. The summed E-state index contributed by atoms with van der Waals surface area (Å²) in [7, 11) is 1.65. The van der Waals surface area contributed by atoms with E-state index in [1.165, 1.54) is 6.42 Å². The Kier molecular flexibility index (Phi) is 10.9. The lowest BCUT2D eigenvalue weighted by atomic mass is 10.1. The maximum absolute atomic E-state index is 9.65. The molecule has 0 spiro atoms. The van der Waals surface area contributed by atoms with Crippen molar-refractivity contribution in [3.05, 3.63) is 0 Å². The molecule has 2 atom stereocenters. The molecule has 0 radical (unpaired) electrons. The highest BCUT2D eigenvalue weighted by atomic mass is 16.5. The topological polar surface area (TPSA) is 50.7 Å². The van der Waals surface area contributed by atoms with Crippen LogP contribution in [0.5, 0.6) is 0 Å². The van der Waals surface area contributed by atoms with Crippen LogP contribution in [0.25, 0.3) is 0 Å². The molecule has 0 aliphatic carbocycles. The number of aliphatic hydroxyl groups excluding tert-OH is 1. The van der Waals surface area contributed by atoms with Gasteiger partial charge in [-0.3, -0.25) is 0 Å². The van der Waals surface area contributed by atoms with Crippen LogP contribution in [0, 0.1) is 5.92 Å². The lowest BCUT2D eigenvalue weighted by Crippen LogP contribution is -2.32. The molecule has 0 aliphatic heterocycles. The number of aliphatic hydroxyl groups is 1. The second-order valence-electron chi connectivity index (χ2n) is 4.99. The minimum Gasteiger partial charge on any atom is -0.389 e. The monoisotopic (exact) mass is 247 g/mol. The van der Waals surface area contributed by atoms with Crippen LogP contribution >= 0.6 is 0 Å². The number of rotatable bonds is 11. The maximum Gasteiger partial charge on any atom is 0.0897 e. The molecule has 0 aromatic rings. The van der Waals surface area contributed by atoms with Gasteiger partial charge in [-0.2, -0.15) is 0 Å². The summed E-state index contributed by atoms with van der Waals surface area (Å²) >= 11 is 0. The first-order chi connectivity index (χ1) is 8.06. The van der Waals surface area contributed by atoms with Gasteiger partial charge < -0.3 is 19.9 Å². The highest BCUT2D eigenvalue weighted by Gasteiger charge is 2.07. The highest BCUT2D eigenvalue weighted by Crippen LogP contribution is 2.01. The molecule has 2 unspecified atom stereocenters. The van der Waals surface area contributed by atoms with Crippen LogP contribution in [0.4, 0.5) is 0 Å². The Morgan fingerprint density at radius 3 is 2.47 bits per heavy atom. The van der Waals surface area contributed by atoms with Crippen molar-refractivity contribution in [1.82, 2.24) is 5.32 Å². The fraction of sp³-hybridized carbons (Fsp3) is 1.00.